The molecule has 0 radical (unpaired) electrons. The third-order valence-electron chi connectivity index (χ3n) is 6.36. The van der Waals surface area contributed by atoms with Gasteiger partial charge < -0.3 is 14.2 Å². The van der Waals surface area contributed by atoms with E-state index in [0.717, 1.165) is 31.4 Å². The van der Waals surface area contributed by atoms with Crippen LogP contribution in [-0.4, -0.2) is 53.3 Å². The zero-order valence-corrected chi connectivity index (χ0v) is 16.6. The second-order valence-electron chi connectivity index (χ2n) is 8.13. The molecule has 2 aromatic rings. The van der Waals surface area contributed by atoms with E-state index in [1.165, 1.54) is 6.39 Å². The summed E-state index contributed by atoms with van der Waals surface area (Å²) in [4.78, 5) is 33.5. The fourth-order valence-corrected chi connectivity index (χ4v) is 4.77. The van der Waals surface area contributed by atoms with E-state index in [9.17, 15) is 9.59 Å². The van der Waals surface area contributed by atoms with Crippen molar-refractivity contribution in [3.63, 3.8) is 0 Å². The lowest BCUT2D eigenvalue weighted by molar-refractivity contribution is -0.139. The second kappa shape index (κ2) is 7.41. The molecule has 0 N–H and O–H groups in total. The van der Waals surface area contributed by atoms with E-state index in [2.05, 4.69) is 4.98 Å². The molecule has 148 valence electrons. The number of aryl methyl sites for hydroxylation is 1. The first-order valence-electron chi connectivity index (χ1n) is 10.0. The summed E-state index contributed by atoms with van der Waals surface area (Å²) in [6.07, 6.45) is 4.67. The molecule has 2 aliphatic heterocycles. The highest BCUT2D eigenvalue weighted by molar-refractivity contribution is 5.93. The van der Waals surface area contributed by atoms with E-state index in [1.54, 1.807) is 0 Å². The van der Waals surface area contributed by atoms with Crippen LogP contribution in [-0.2, 0) is 11.2 Å². The molecule has 2 saturated heterocycles. The lowest BCUT2D eigenvalue weighted by Crippen LogP contribution is -2.53. The average molecular weight is 381 g/mol. The van der Waals surface area contributed by atoms with Crippen molar-refractivity contribution in [2.24, 2.45) is 5.41 Å². The van der Waals surface area contributed by atoms with Gasteiger partial charge in [-0.1, -0.05) is 37.3 Å². The maximum atomic E-state index is 12.9. The van der Waals surface area contributed by atoms with Crippen LogP contribution in [0.2, 0.25) is 0 Å². The standard InChI is InChI=1S/C22H27N3O3/c1-3-18-19(23-15-28-18)21(27)25-11-9-22(10-12-25)13-17(20(26)24(2)14-22)16-7-5-4-6-8-16/h4-8,15,17H,3,9-14H2,1-2H3/t17-/m0/s1. The number of hydrogen-bond donors (Lipinski definition) is 0. The van der Waals surface area contributed by atoms with Crippen LogP contribution >= 0.6 is 0 Å². The van der Waals surface area contributed by atoms with E-state index in [-0.39, 0.29) is 23.1 Å². The molecular weight excluding hydrogens is 354 g/mol. The molecule has 1 aromatic carbocycles. The first kappa shape index (κ1) is 18.7. The predicted molar refractivity (Wildman–Crippen MR) is 105 cm³/mol. The third kappa shape index (κ3) is 3.32. The second-order valence-corrected chi connectivity index (χ2v) is 8.13. The summed E-state index contributed by atoms with van der Waals surface area (Å²) in [6, 6.07) is 10.1. The van der Waals surface area contributed by atoms with Crippen LogP contribution in [0.25, 0.3) is 0 Å². The van der Waals surface area contributed by atoms with Crippen LogP contribution in [0.3, 0.4) is 0 Å². The van der Waals surface area contributed by atoms with Gasteiger partial charge in [0.25, 0.3) is 5.91 Å². The summed E-state index contributed by atoms with van der Waals surface area (Å²) < 4.78 is 5.32. The Bertz CT molecular complexity index is 853. The van der Waals surface area contributed by atoms with Crippen molar-refractivity contribution in [1.29, 1.82) is 0 Å². The van der Waals surface area contributed by atoms with Crippen molar-refractivity contribution in [1.82, 2.24) is 14.8 Å². The molecule has 0 saturated carbocycles. The zero-order chi connectivity index (χ0) is 19.7. The Morgan fingerprint density at radius 3 is 2.64 bits per heavy atom. The molecular formula is C22H27N3O3. The maximum Gasteiger partial charge on any atom is 0.276 e. The maximum absolute atomic E-state index is 12.9. The smallest absolute Gasteiger partial charge is 0.276 e. The van der Waals surface area contributed by atoms with Gasteiger partial charge >= 0.3 is 0 Å². The van der Waals surface area contributed by atoms with Crippen molar-refractivity contribution in [2.45, 2.75) is 38.5 Å². The normalized spacial score (nSPS) is 21.9. The first-order chi connectivity index (χ1) is 13.5. The van der Waals surface area contributed by atoms with Crippen LogP contribution in [0.4, 0.5) is 0 Å². The summed E-state index contributed by atoms with van der Waals surface area (Å²) in [5, 5.41) is 0. The molecule has 6 nitrogen and oxygen atoms in total. The van der Waals surface area contributed by atoms with Gasteiger partial charge in [-0.05, 0) is 30.2 Å². The van der Waals surface area contributed by atoms with E-state index in [1.807, 2.05) is 54.1 Å². The van der Waals surface area contributed by atoms with Crippen molar-refractivity contribution in [3.8, 4) is 0 Å². The number of piperidine rings is 2. The zero-order valence-electron chi connectivity index (χ0n) is 16.6. The highest BCUT2D eigenvalue weighted by Crippen LogP contribution is 2.45. The van der Waals surface area contributed by atoms with Crippen molar-refractivity contribution < 1.29 is 14.0 Å². The number of hydrogen-bond acceptors (Lipinski definition) is 4. The molecule has 0 unspecified atom stereocenters. The molecule has 28 heavy (non-hydrogen) atoms. The minimum absolute atomic E-state index is 0.0414. The van der Waals surface area contributed by atoms with Crippen LogP contribution in [0.15, 0.2) is 41.1 Å². The van der Waals surface area contributed by atoms with Crippen LogP contribution in [0.5, 0.6) is 0 Å². The Balaban J connectivity index is 1.48. The number of amides is 2. The number of likely N-dealkylation sites (tertiary alicyclic amines) is 2. The van der Waals surface area contributed by atoms with Gasteiger partial charge in [0.1, 0.15) is 5.76 Å². The number of oxazole rings is 1. The molecule has 6 heteroatoms. The number of carbonyl (C=O) groups excluding carboxylic acids is 2. The largest absolute Gasteiger partial charge is 0.448 e. The number of nitrogens with zero attached hydrogens (tertiary/aromatic N) is 3. The van der Waals surface area contributed by atoms with Crippen LogP contribution in [0, 0.1) is 5.41 Å². The number of carbonyl (C=O) groups is 2. The Morgan fingerprint density at radius 2 is 1.96 bits per heavy atom. The van der Waals surface area contributed by atoms with Crippen LogP contribution < -0.4 is 0 Å². The Kier molecular flexibility index (Phi) is 4.96. The topological polar surface area (TPSA) is 66.7 Å². The summed E-state index contributed by atoms with van der Waals surface area (Å²) in [7, 11) is 1.90. The van der Waals surface area contributed by atoms with Gasteiger partial charge in [0.15, 0.2) is 12.1 Å². The molecule has 3 heterocycles. The quantitative estimate of drug-likeness (QED) is 0.819. The molecule has 4 rings (SSSR count). The lowest BCUT2D eigenvalue weighted by Gasteiger charge is -2.49. The van der Waals surface area contributed by atoms with Gasteiger partial charge in [-0.3, -0.25) is 9.59 Å². The minimum atomic E-state index is -0.0931. The van der Waals surface area contributed by atoms with Gasteiger partial charge in [0.2, 0.25) is 5.91 Å². The molecule has 0 bridgehead atoms. The van der Waals surface area contributed by atoms with Gasteiger partial charge in [-0.15, -0.1) is 0 Å². The SMILES string of the molecule is CCc1ocnc1C(=O)N1CCC2(CC1)C[C@@H](c1ccccc1)C(=O)N(C)C2. The summed E-state index contributed by atoms with van der Waals surface area (Å²) in [5.74, 6) is 0.715. The highest BCUT2D eigenvalue weighted by Gasteiger charge is 2.45. The summed E-state index contributed by atoms with van der Waals surface area (Å²) in [5.41, 5.74) is 1.60. The van der Waals surface area contributed by atoms with Crippen LogP contribution in [0.1, 0.15) is 53.9 Å². The number of rotatable bonds is 3. The first-order valence-corrected chi connectivity index (χ1v) is 10.0. The molecule has 1 atom stereocenters. The number of aromatic nitrogens is 1. The lowest BCUT2D eigenvalue weighted by atomic mass is 9.67. The third-order valence-corrected chi connectivity index (χ3v) is 6.36. The Labute approximate surface area is 165 Å². The Hall–Kier alpha value is -2.63. The highest BCUT2D eigenvalue weighted by atomic mass is 16.3. The predicted octanol–water partition coefficient (Wildman–Crippen LogP) is 3.11. The van der Waals surface area contributed by atoms with E-state index in [0.29, 0.717) is 31.0 Å². The average Bonchev–Trinajstić information content (AvgIpc) is 3.20. The molecule has 2 amide bonds. The number of benzene rings is 1. The molecule has 2 aliphatic rings. The summed E-state index contributed by atoms with van der Waals surface area (Å²) in [6.45, 7) is 4.11. The molecule has 2 fully saturated rings. The van der Waals surface area contributed by atoms with Crippen molar-refractivity contribution in [2.75, 3.05) is 26.7 Å². The van der Waals surface area contributed by atoms with E-state index in [4.69, 9.17) is 4.42 Å². The number of likely N-dealkylation sites (N-methyl/N-ethyl adjacent to an activating group) is 1. The molecule has 0 aliphatic carbocycles. The van der Waals surface area contributed by atoms with Gasteiger partial charge in [0, 0.05) is 33.1 Å². The van der Waals surface area contributed by atoms with E-state index < -0.39 is 0 Å². The molecule has 1 aromatic heterocycles. The fraction of sp³-hybridized carbons (Fsp3) is 0.500. The Morgan fingerprint density at radius 1 is 1.25 bits per heavy atom. The monoisotopic (exact) mass is 381 g/mol. The van der Waals surface area contributed by atoms with E-state index >= 15 is 0 Å². The molecule has 1 spiro atoms. The van der Waals surface area contributed by atoms with Gasteiger partial charge in [0.05, 0.1) is 5.92 Å². The van der Waals surface area contributed by atoms with Gasteiger partial charge in [-0.2, -0.15) is 0 Å². The van der Waals surface area contributed by atoms with Gasteiger partial charge in [-0.25, -0.2) is 4.98 Å². The minimum Gasteiger partial charge on any atom is -0.448 e. The van der Waals surface area contributed by atoms with Crippen molar-refractivity contribution >= 4 is 11.8 Å². The summed E-state index contributed by atoms with van der Waals surface area (Å²) >= 11 is 0. The van der Waals surface area contributed by atoms with Crippen molar-refractivity contribution in [3.05, 3.63) is 53.7 Å². The fourth-order valence-electron chi connectivity index (χ4n) is 4.77.